The Kier molecular flexibility index (Phi) is 6.71. The van der Waals surface area contributed by atoms with Crippen molar-refractivity contribution in [3.05, 3.63) is 52.6 Å². The third kappa shape index (κ3) is 5.07. The largest absolute Gasteiger partial charge is 0.497 e. The highest BCUT2D eigenvalue weighted by atomic mass is 79.9. The van der Waals surface area contributed by atoms with Gasteiger partial charge in [-0.3, -0.25) is 4.79 Å². The van der Waals surface area contributed by atoms with E-state index in [1.54, 1.807) is 24.3 Å². The van der Waals surface area contributed by atoms with Gasteiger partial charge in [0, 0.05) is 34.5 Å². The number of ether oxygens (including phenoxy) is 1. The van der Waals surface area contributed by atoms with E-state index in [1.165, 1.54) is 25.3 Å². The Labute approximate surface area is 187 Å². The normalized spacial score (nSPS) is 12.2. The van der Waals surface area contributed by atoms with Gasteiger partial charge in [-0.1, -0.05) is 22.0 Å². The number of aromatic nitrogens is 1. The van der Waals surface area contributed by atoms with Crippen LogP contribution in [0.25, 0.3) is 10.9 Å². The summed E-state index contributed by atoms with van der Waals surface area (Å²) in [5.74, 6) is -0.570. The number of amides is 1. The Morgan fingerprint density at radius 1 is 1.06 bits per heavy atom. The molecule has 0 aliphatic carbocycles. The first-order valence-corrected chi connectivity index (χ1v) is 12.6. The summed E-state index contributed by atoms with van der Waals surface area (Å²) in [6.45, 7) is -0.485. The standard InChI is InChI=1S/C18H19BrN4O6S2/c1-29-12-3-2-4-13(10-12)30(25,26)21-7-8-22-31(27,28)17-14-9-11(19)5-6-15(14)23-16(17)18(20)24/h2-6,9-10,21-23H,7-8H2,1H3,(H2,20,24). The molecule has 0 saturated heterocycles. The van der Waals surface area contributed by atoms with Crippen molar-refractivity contribution in [2.45, 2.75) is 9.79 Å². The highest BCUT2D eigenvalue weighted by Crippen LogP contribution is 2.29. The summed E-state index contributed by atoms with van der Waals surface area (Å²) in [6, 6.07) is 10.7. The summed E-state index contributed by atoms with van der Waals surface area (Å²) in [6.07, 6.45) is 0. The van der Waals surface area contributed by atoms with Gasteiger partial charge in [0.05, 0.1) is 12.0 Å². The first kappa shape index (κ1) is 23.2. The van der Waals surface area contributed by atoms with Crippen LogP contribution in [-0.2, 0) is 20.0 Å². The maximum absolute atomic E-state index is 12.9. The van der Waals surface area contributed by atoms with Gasteiger partial charge < -0.3 is 15.5 Å². The van der Waals surface area contributed by atoms with Crippen LogP contribution in [-0.4, -0.2) is 47.9 Å². The number of primary amides is 1. The third-order valence-corrected chi connectivity index (χ3v) is 7.79. The number of methoxy groups -OCH3 is 1. The summed E-state index contributed by atoms with van der Waals surface area (Å²) in [7, 11) is -6.65. The fraction of sp³-hybridized carbons (Fsp3) is 0.167. The lowest BCUT2D eigenvalue weighted by Gasteiger charge is -2.10. The van der Waals surface area contributed by atoms with Crippen molar-refractivity contribution < 1.29 is 26.4 Å². The number of carbonyl (C=O) groups excluding carboxylic acids is 1. The number of sulfonamides is 2. The molecule has 13 heteroatoms. The molecule has 3 rings (SSSR count). The number of benzene rings is 2. The van der Waals surface area contributed by atoms with Crippen LogP contribution >= 0.6 is 15.9 Å². The first-order valence-electron chi connectivity index (χ1n) is 8.79. The van der Waals surface area contributed by atoms with E-state index in [1.807, 2.05) is 0 Å². The first-order chi connectivity index (χ1) is 14.5. The van der Waals surface area contributed by atoms with Gasteiger partial charge in [0.25, 0.3) is 5.91 Å². The van der Waals surface area contributed by atoms with Gasteiger partial charge in [-0.25, -0.2) is 26.3 Å². The van der Waals surface area contributed by atoms with Crippen LogP contribution in [0.2, 0.25) is 0 Å². The topological polar surface area (TPSA) is 160 Å². The van der Waals surface area contributed by atoms with Crippen molar-refractivity contribution in [3.63, 3.8) is 0 Å². The monoisotopic (exact) mass is 530 g/mol. The highest BCUT2D eigenvalue weighted by Gasteiger charge is 2.27. The molecule has 0 atom stereocenters. The van der Waals surface area contributed by atoms with Crippen LogP contribution in [0.5, 0.6) is 5.75 Å². The lowest BCUT2D eigenvalue weighted by atomic mass is 10.2. The number of halogens is 1. The minimum atomic E-state index is -4.19. The second-order valence-corrected chi connectivity index (χ2v) is 10.7. The zero-order chi connectivity index (χ0) is 22.8. The van der Waals surface area contributed by atoms with Crippen LogP contribution in [0.1, 0.15) is 10.5 Å². The van der Waals surface area contributed by atoms with Gasteiger partial charge in [-0.2, -0.15) is 0 Å². The number of hydrogen-bond donors (Lipinski definition) is 4. The zero-order valence-corrected chi connectivity index (χ0v) is 19.4. The van der Waals surface area contributed by atoms with E-state index in [2.05, 4.69) is 30.4 Å². The summed E-state index contributed by atoms with van der Waals surface area (Å²) in [4.78, 5) is 14.2. The van der Waals surface area contributed by atoms with Gasteiger partial charge >= 0.3 is 0 Å². The average molecular weight is 531 g/mol. The Hall–Kier alpha value is -2.45. The van der Waals surface area contributed by atoms with Crippen LogP contribution in [0.4, 0.5) is 0 Å². The van der Waals surface area contributed by atoms with Crippen molar-refractivity contribution in [2.75, 3.05) is 20.2 Å². The second-order valence-electron chi connectivity index (χ2n) is 6.36. The smallest absolute Gasteiger partial charge is 0.266 e. The molecule has 0 aliphatic heterocycles. The fourth-order valence-electron chi connectivity index (χ4n) is 2.89. The molecule has 2 aromatic carbocycles. The molecule has 0 bridgehead atoms. The number of aromatic amines is 1. The SMILES string of the molecule is COc1cccc(S(=O)(=O)NCCNS(=O)(=O)c2c(C(N)=O)[nH]c3ccc(Br)cc23)c1. The minimum Gasteiger partial charge on any atom is -0.497 e. The summed E-state index contributed by atoms with van der Waals surface area (Å²) in [5, 5.41) is 0.271. The molecule has 10 nitrogen and oxygen atoms in total. The molecule has 5 N–H and O–H groups in total. The molecule has 0 fully saturated rings. The Morgan fingerprint density at radius 3 is 2.39 bits per heavy atom. The Bertz CT molecular complexity index is 1350. The van der Waals surface area contributed by atoms with E-state index in [9.17, 15) is 21.6 Å². The summed E-state index contributed by atoms with van der Waals surface area (Å²) >= 11 is 3.27. The summed E-state index contributed by atoms with van der Waals surface area (Å²) in [5.41, 5.74) is 5.48. The maximum Gasteiger partial charge on any atom is 0.266 e. The molecule has 166 valence electrons. The molecule has 1 amide bonds. The average Bonchev–Trinajstić information content (AvgIpc) is 3.11. The fourth-order valence-corrected chi connectivity index (χ4v) is 5.71. The lowest BCUT2D eigenvalue weighted by molar-refractivity contribution is 0.0993. The van der Waals surface area contributed by atoms with Crippen molar-refractivity contribution in [1.29, 1.82) is 0 Å². The number of rotatable bonds is 9. The van der Waals surface area contributed by atoms with Crippen molar-refractivity contribution in [3.8, 4) is 5.75 Å². The molecule has 0 aliphatic rings. The van der Waals surface area contributed by atoms with E-state index in [4.69, 9.17) is 10.5 Å². The molecule has 0 unspecified atom stereocenters. The molecule has 1 heterocycles. The predicted octanol–water partition coefficient (Wildman–Crippen LogP) is 1.29. The maximum atomic E-state index is 12.9. The van der Waals surface area contributed by atoms with Gasteiger partial charge in [0.2, 0.25) is 20.0 Å². The third-order valence-electron chi connectivity index (χ3n) is 4.29. The van der Waals surface area contributed by atoms with E-state index in [0.29, 0.717) is 15.7 Å². The Balaban J connectivity index is 1.77. The van der Waals surface area contributed by atoms with Crippen molar-refractivity contribution in [1.82, 2.24) is 14.4 Å². The van der Waals surface area contributed by atoms with E-state index in [-0.39, 0.29) is 34.0 Å². The zero-order valence-electron chi connectivity index (χ0n) is 16.2. The number of nitrogens with one attached hydrogen (secondary N) is 3. The minimum absolute atomic E-state index is 0.0211. The molecular formula is C18H19BrN4O6S2. The molecule has 0 radical (unpaired) electrons. The number of H-pyrrole nitrogens is 1. The van der Waals surface area contributed by atoms with E-state index >= 15 is 0 Å². The lowest BCUT2D eigenvalue weighted by Crippen LogP contribution is -2.35. The predicted molar refractivity (Wildman–Crippen MR) is 118 cm³/mol. The molecule has 0 spiro atoms. The highest BCUT2D eigenvalue weighted by molar-refractivity contribution is 9.10. The number of hydrogen-bond acceptors (Lipinski definition) is 6. The molecular weight excluding hydrogens is 512 g/mol. The van der Waals surface area contributed by atoms with Crippen molar-refractivity contribution >= 4 is 52.8 Å². The van der Waals surface area contributed by atoms with Crippen molar-refractivity contribution in [2.24, 2.45) is 5.73 Å². The second kappa shape index (κ2) is 8.96. The van der Waals surface area contributed by atoms with Crippen LogP contribution in [0.3, 0.4) is 0 Å². The van der Waals surface area contributed by atoms with Crippen LogP contribution < -0.4 is 19.9 Å². The molecule has 31 heavy (non-hydrogen) atoms. The molecule has 1 aromatic heterocycles. The van der Waals surface area contributed by atoms with Crippen LogP contribution in [0.15, 0.2) is 56.7 Å². The van der Waals surface area contributed by atoms with Gasteiger partial charge in [-0.15, -0.1) is 0 Å². The van der Waals surface area contributed by atoms with Crippen LogP contribution in [0, 0.1) is 0 Å². The van der Waals surface area contributed by atoms with Gasteiger partial charge in [0.15, 0.2) is 0 Å². The van der Waals surface area contributed by atoms with E-state index < -0.39 is 26.0 Å². The molecule has 0 saturated carbocycles. The van der Waals surface area contributed by atoms with Gasteiger partial charge in [0.1, 0.15) is 16.3 Å². The van der Waals surface area contributed by atoms with Gasteiger partial charge in [-0.05, 0) is 30.3 Å². The quantitative estimate of drug-likeness (QED) is 0.305. The number of nitrogens with two attached hydrogens (primary N) is 1. The number of carbonyl (C=O) groups is 1. The Morgan fingerprint density at radius 2 is 1.74 bits per heavy atom. The summed E-state index contributed by atoms with van der Waals surface area (Å²) < 4.78 is 60.8. The number of fused-ring (bicyclic) bond motifs is 1. The van der Waals surface area contributed by atoms with E-state index in [0.717, 1.165) is 0 Å². The molecule has 3 aromatic rings.